The SMILES string of the molecule is CC1NNC2CCC(c3cncc(OCC(N)Cc4ccccc4)c3)CC12. The second kappa shape index (κ2) is 8.38. The molecule has 144 valence electrons. The summed E-state index contributed by atoms with van der Waals surface area (Å²) in [5, 5.41) is 0. The Morgan fingerprint density at radius 2 is 2.04 bits per heavy atom. The molecule has 1 saturated carbocycles. The number of nitrogens with two attached hydrogens (primary N) is 1. The third-order valence-corrected chi connectivity index (χ3v) is 6.05. The highest BCUT2D eigenvalue weighted by Gasteiger charge is 2.38. The van der Waals surface area contributed by atoms with Crippen molar-refractivity contribution in [1.82, 2.24) is 15.8 Å². The predicted molar refractivity (Wildman–Crippen MR) is 107 cm³/mol. The van der Waals surface area contributed by atoms with Crippen LogP contribution >= 0.6 is 0 Å². The van der Waals surface area contributed by atoms with Crippen LogP contribution < -0.4 is 21.3 Å². The first-order valence-corrected chi connectivity index (χ1v) is 10.1. The summed E-state index contributed by atoms with van der Waals surface area (Å²) in [6.07, 6.45) is 8.22. The van der Waals surface area contributed by atoms with Crippen molar-refractivity contribution >= 4 is 0 Å². The highest BCUT2D eigenvalue weighted by Crippen LogP contribution is 2.39. The van der Waals surface area contributed by atoms with Crippen LogP contribution in [-0.4, -0.2) is 29.7 Å². The maximum Gasteiger partial charge on any atom is 0.137 e. The van der Waals surface area contributed by atoms with Crippen LogP contribution in [0.1, 0.15) is 43.2 Å². The molecular formula is C22H30N4O. The van der Waals surface area contributed by atoms with Gasteiger partial charge in [0.15, 0.2) is 0 Å². The van der Waals surface area contributed by atoms with Crippen LogP contribution in [0.25, 0.3) is 0 Å². The fourth-order valence-corrected chi connectivity index (χ4v) is 4.50. The second-order valence-corrected chi connectivity index (χ2v) is 8.07. The lowest BCUT2D eigenvalue weighted by atomic mass is 9.74. The van der Waals surface area contributed by atoms with Crippen LogP contribution in [0.2, 0.25) is 0 Å². The molecule has 4 N–H and O–H groups in total. The van der Waals surface area contributed by atoms with Crippen LogP contribution in [0, 0.1) is 5.92 Å². The molecule has 2 heterocycles. The molecule has 27 heavy (non-hydrogen) atoms. The molecule has 0 amide bonds. The number of hydrogen-bond donors (Lipinski definition) is 3. The molecule has 1 aromatic heterocycles. The number of rotatable bonds is 6. The van der Waals surface area contributed by atoms with Crippen LogP contribution in [0.5, 0.6) is 5.75 Å². The van der Waals surface area contributed by atoms with Crippen molar-refractivity contribution in [1.29, 1.82) is 0 Å². The van der Waals surface area contributed by atoms with E-state index in [-0.39, 0.29) is 6.04 Å². The molecule has 5 heteroatoms. The van der Waals surface area contributed by atoms with Crippen molar-refractivity contribution in [3.63, 3.8) is 0 Å². The number of ether oxygens (including phenoxy) is 1. The fourth-order valence-electron chi connectivity index (χ4n) is 4.50. The first-order chi connectivity index (χ1) is 13.2. The normalized spacial score (nSPS) is 28.5. The van der Waals surface area contributed by atoms with E-state index in [9.17, 15) is 0 Å². The summed E-state index contributed by atoms with van der Waals surface area (Å²) >= 11 is 0. The van der Waals surface area contributed by atoms with Gasteiger partial charge in [-0.2, -0.15) is 0 Å². The van der Waals surface area contributed by atoms with Gasteiger partial charge in [0.2, 0.25) is 0 Å². The van der Waals surface area contributed by atoms with Gasteiger partial charge in [0.05, 0.1) is 6.20 Å². The number of nitrogens with zero attached hydrogens (tertiary/aromatic N) is 1. The molecule has 4 rings (SSSR count). The van der Waals surface area contributed by atoms with Gasteiger partial charge in [0.1, 0.15) is 12.4 Å². The lowest BCUT2D eigenvalue weighted by Crippen LogP contribution is -2.34. The number of nitrogens with one attached hydrogen (secondary N) is 2. The van der Waals surface area contributed by atoms with E-state index in [4.69, 9.17) is 10.5 Å². The summed E-state index contributed by atoms with van der Waals surface area (Å²) < 4.78 is 5.97. The molecule has 1 aromatic carbocycles. The highest BCUT2D eigenvalue weighted by molar-refractivity contribution is 5.27. The average molecular weight is 367 g/mol. The monoisotopic (exact) mass is 366 g/mol. The maximum atomic E-state index is 6.25. The van der Waals surface area contributed by atoms with E-state index in [1.807, 2.05) is 24.4 Å². The van der Waals surface area contributed by atoms with Gasteiger partial charge in [-0.3, -0.25) is 15.8 Å². The zero-order valence-electron chi connectivity index (χ0n) is 16.0. The molecule has 5 unspecified atom stereocenters. The topological polar surface area (TPSA) is 72.2 Å². The standard InChI is InChI=1S/C22H30N4O/c1-15-21-11-17(7-8-22(21)26-25-15)18-10-20(13-24-12-18)27-14-19(23)9-16-5-3-2-4-6-16/h2-6,10,12-13,15,17,19,21-22,25-26H,7-9,11,14,23H2,1H3. The summed E-state index contributed by atoms with van der Waals surface area (Å²) in [6.45, 7) is 2.77. The Labute approximate surface area is 161 Å². The van der Waals surface area contributed by atoms with E-state index in [0.29, 0.717) is 30.5 Å². The van der Waals surface area contributed by atoms with E-state index >= 15 is 0 Å². The average Bonchev–Trinajstić information content (AvgIpc) is 3.08. The summed E-state index contributed by atoms with van der Waals surface area (Å²) in [6, 6.07) is 13.6. The van der Waals surface area contributed by atoms with Crippen LogP contribution in [0.15, 0.2) is 48.8 Å². The van der Waals surface area contributed by atoms with Crippen molar-refractivity contribution in [3.8, 4) is 5.75 Å². The first-order valence-electron chi connectivity index (χ1n) is 10.1. The number of pyridine rings is 1. The van der Waals surface area contributed by atoms with Gasteiger partial charge in [0, 0.05) is 24.3 Å². The van der Waals surface area contributed by atoms with Crippen molar-refractivity contribution in [3.05, 3.63) is 59.9 Å². The Bertz CT molecular complexity index is 738. The Balaban J connectivity index is 1.34. The lowest BCUT2D eigenvalue weighted by molar-refractivity contribution is 0.276. The van der Waals surface area contributed by atoms with Crippen LogP contribution in [0.4, 0.5) is 0 Å². The minimum Gasteiger partial charge on any atom is -0.490 e. The Morgan fingerprint density at radius 3 is 2.89 bits per heavy atom. The quantitative estimate of drug-likeness (QED) is 0.733. The molecule has 0 spiro atoms. The van der Waals surface area contributed by atoms with Gasteiger partial charge in [-0.25, -0.2) is 0 Å². The molecule has 2 fully saturated rings. The number of benzene rings is 1. The molecule has 2 aromatic rings. The van der Waals surface area contributed by atoms with Crippen LogP contribution in [0.3, 0.4) is 0 Å². The van der Waals surface area contributed by atoms with E-state index in [2.05, 4.69) is 41.0 Å². The first kappa shape index (κ1) is 18.4. The smallest absolute Gasteiger partial charge is 0.137 e. The Morgan fingerprint density at radius 1 is 1.19 bits per heavy atom. The molecule has 0 bridgehead atoms. The molecular weight excluding hydrogens is 336 g/mol. The second-order valence-electron chi connectivity index (χ2n) is 8.07. The summed E-state index contributed by atoms with van der Waals surface area (Å²) in [7, 11) is 0. The summed E-state index contributed by atoms with van der Waals surface area (Å²) in [5.74, 6) is 2.07. The predicted octanol–water partition coefficient (Wildman–Crippen LogP) is 2.78. The van der Waals surface area contributed by atoms with Gasteiger partial charge >= 0.3 is 0 Å². The minimum absolute atomic E-state index is 0.0250. The molecule has 5 nitrogen and oxygen atoms in total. The van der Waals surface area contributed by atoms with Crippen molar-refractivity contribution in [2.75, 3.05) is 6.61 Å². The van der Waals surface area contributed by atoms with E-state index < -0.39 is 0 Å². The largest absolute Gasteiger partial charge is 0.490 e. The van der Waals surface area contributed by atoms with E-state index in [1.165, 1.54) is 30.4 Å². The molecule has 5 atom stereocenters. The lowest BCUT2D eigenvalue weighted by Gasteiger charge is -2.32. The number of fused-ring (bicyclic) bond motifs is 1. The number of aromatic nitrogens is 1. The van der Waals surface area contributed by atoms with Crippen molar-refractivity contribution in [2.45, 2.75) is 56.7 Å². The Kier molecular flexibility index (Phi) is 5.72. The van der Waals surface area contributed by atoms with Crippen molar-refractivity contribution < 1.29 is 4.74 Å². The van der Waals surface area contributed by atoms with Crippen LogP contribution in [-0.2, 0) is 6.42 Å². The molecule has 2 aliphatic rings. The van der Waals surface area contributed by atoms with Gasteiger partial charge < -0.3 is 10.5 Å². The van der Waals surface area contributed by atoms with Gasteiger partial charge in [0.25, 0.3) is 0 Å². The number of hydrogen-bond acceptors (Lipinski definition) is 5. The minimum atomic E-state index is -0.0250. The highest BCUT2D eigenvalue weighted by atomic mass is 16.5. The van der Waals surface area contributed by atoms with Crippen molar-refractivity contribution in [2.24, 2.45) is 11.7 Å². The van der Waals surface area contributed by atoms with Gasteiger partial charge in [-0.1, -0.05) is 30.3 Å². The molecule has 1 aliphatic heterocycles. The van der Waals surface area contributed by atoms with Gasteiger partial charge in [-0.05, 0) is 61.6 Å². The number of hydrazine groups is 1. The third-order valence-electron chi connectivity index (χ3n) is 6.05. The van der Waals surface area contributed by atoms with E-state index in [1.54, 1.807) is 6.20 Å². The molecule has 1 aliphatic carbocycles. The zero-order valence-corrected chi connectivity index (χ0v) is 16.0. The summed E-state index contributed by atoms with van der Waals surface area (Å²) in [4.78, 5) is 4.43. The Hall–Kier alpha value is -1.95. The third kappa shape index (κ3) is 4.49. The maximum absolute atomic E-state index is 6.25. The van der Waals surface area contributed by atoms with Gasteiger partial charge in [-0.15, -0.1) is 0 Å². The molecule has 0 radical (unpaired) electrons. The zero-order chi connectivity index (χ0) is 18.6. The molecule has 1 saturated heterocycles. The summed E-state index contributed by atoms with van der Waals surface area (Å²) in [5.41, 5.74) is 15.6. The van der Waals surface area contributed by atoms with E-state index in [0.717, 1.165) is 12.2 Å². The fraction of sp³-hybridized carbons (Fsp3) is 0.500.